The second-order valence-electron chi connectivity index (χ2n) is 11.5. The van der Waals surface area contributed by atoms with E-state index in [2.05, 4.69) is 13.8 Å². The number of carbonyl (C=O) groups is 3. The molecule has 5 rings (SSSR count). The Bertz CT molecular complexity index is 888. The molecular formula is C25H36O8. The molecule has 1 aliphatic heterocycles. The van der Waals surface area contributed by atoms with Crippen LogP contribution in [0, 0.1) is 28.6 Å². The van der Waals surface area contributed by atoms with E-state index in [4.69, 9.17) is 18.9 Å². The smallest absolute Gasteiger partial charge is 0.313 e. The van der Waals surface area contributed by atoms with Gasteiger partial charge < -0.3 is 24.1 Å². The van der Waals surface area contributed by atoms with Crippen molar-refractivity contribution in [3.63, 3.8) is 0 Å². The number of fused-ring (bicyclic) bond motifs is 3. The molecule has 4 aliphatic carbocycles. The summed E-state index contributed by atoms with van der Waals surface area (Å²) in [6.45, 7) is 7.05. The number of ether oxygens (including phenoxy) is 4. The Hall–Kier alpha value is -1.67. The minimum atomic E-state index is -0.906. The van der Waals surface area contributed by atoms with Crippen LogP contribution < -0.4 is 0 Å². The van der Waals surface area contributed by atoms with Crippen molar-refractivity contribution in [2.45, 2.75) is 102 Å². The van der Waals surface area contributed by atoms with Gasteiger partial charge in [-0.05, 0) is 55.8 Å². The van der Waals surface area contributed by atoms with Gasteiger partial charge in [-0.3, -0.25) is 14.4 Å². The molecule has 1 N–H and O–H groups in total. The Morgan fingerprint density at radius 1 is 0.909 bits per heavy atom. The molecule has 10 atom stereocenters. The van der Waals surface area contributed by atoms with Crippen molar-refractivity contribution in [1.29, 1.82) is 0 Å². The molecule has 0 aromatic rings. The average molecular weight is 465 g/mol. The van der Waals surface area contributed by atoms with Crippen LogP contribution in [0.25, 0.3) is 0 Å². The summed E-state index contributed by atoms with van der Waals surface area (Å²) in [4.78, 5) is 36.3. The van der Waals surface area contributed by atoms with Crippen molar-refractivity contribution in [3.05, 3.63) is 0 Å². The first-order chi connectivity index (χ1) is 15.4. The SMILES string of the molecule is COC(=O)[C@@H]1[C@H](OC(C)=O)[C@@H]2O[C@@]23[C@H]2CC[C@@]4(O)C[C@H](OC(C)=O)CC[C@@]4(C)[C@@H]2CC[C@@]13C. The molecule has 5 aliphatic rings. The number of epoxide rings is 1. The van der Waals surface area contributed by atoms with Crippen LogP contribution >= 0.6 is 0 Å². The summed E-state index contributed by atoms with van der Waals surface area (Å²) in [5.41, 5.74) is -2.28. The molecule has 0 bridgehead atoms. The van der Waals surface area contributed by atoms with E-state index in [9.17, 15) is 19.5 Å². The topological polar surface area (TPSA) is 112 Å². The van der Waals surface area contributed by atoms with Gasteiger partial charge in [0, 0.05) is 25.7 Å². The molecule has 0 aromatic heterocycles. The first kappa shape index (κ1) is 23.1. The second-order valence-corrected chi connectivity index (χ2v) is 11.5. The molecule has 1 saturated heterocycles. The van der Waals surface area contributed by atoms with Crippen molar-refractivity contribution in [3.8, 4) is 0 Å². The molecule has 0 aromatic carbocycles. The Balaban J connectivity index is 1.48. The Labute approximate surface area is 194 Å². The van der Waals surface area contributed by atoms with E-state index in [1.807, 2.05) is 0 Å². The van der Waals surface area contributed by atoms with Crippen LogP contribution in [0.15, 0.2) is 0 Å². The van der Waals surface area contributed by atoms with Crippen LogP contribution in [-0.2, 0) is 33.3 Å². The van der Waals surface area contributed by atoms with Gasteiger partial charge in [-0.1, -0.05) is 13.8 Å². The molecule has 1 heterocycles. The van der Waals surface area contributed by atoms with Crippen molar-refractivity contribution in [1.82, 2.24) is 0 Å². The molecule has 0 amide bonds. The first-order valence-corrected chi connectivity index (χ1v) is 12.3. The highest BCUT2D eigenvalue weighted by atomic mass is 16.7. The van der Waals surface area contributed by atoms with Gasteiger partial charge in [-0.2, -0.15) is 0 Å². The van der Waals surface area contributed by atoms with Crippen LogP contribution in [0.5, 0.6) is 0 Å². The third-order valence-electron chi connectivity index (χ3n) is 10.3. The van der Waals surface area contributed by atoms with Crippen LogP contribution in [-0.4, -0.2) is 59.6 Å². The third-order valence-corrected chi connectivity index (χ3v) is 10.3. The Morgan fingerprint density at radius 3 is 2.18 bits per heavy atom. The summed E-state index contributed by atoms with van der Waals surface area (Å²) >= 11 is 0. The molecular weight excluding hydrogens is 428 g/mol. The summed E-state index contributed by atoms with van der Waals surface area (Å²) < 4.78 is 22.8. The van der Waals surface area contributed by atoms with Gasteiger partial charge in [0.05, 0.1) is 12.7 Å². The average Bonchev–Trinajstić information content (AvgIpc) is 3.42. The number of hydrogen-bond donors (Lipinski definition) is 1. The standard InChI is InChI=1S/C25H36O8/c1-13(26)31-15-6-9-22(3)16-7-10-23(4)18(21(28)30-5)19(32-14(2)27)20-25(23,33-20)17(16)8-11-24(22,29)12-15/h15-20,29H,6-12H2,1-5H3/t15-,16-,17+,18+,19+,20+,22+,23+,24-,25+/m1/s1. The molecule has 184 valence electrons. The van der Waals surface area contributed by atoms with E-state index in [1.54, 1.807) is 0 Å². The van der Waals surface area contributed by atoms with E-state index in [1.165, 1.54) is 21.0 Å². The van der Waals surface area contributed by atoms with Crippen molar-refractivity contribution in [2.75, 3.05) is 7.11 Å². The molecule has 8 heteroatoms. The van der Waals surface area contributed by atoms with E-state index >= 15 is 0 Å². The maximum atomic E-state index is 12.9. The number of aliphatic hydroxyl groups is 1. The van der Waals surface area contributed by atoms with Gasteiger partial charge in [0.25, 0.3) is 0 Å². The first-order valence-electron chi connectivity index (χ1n) is 12.3. The largest absolute Gasteiger partial charge is 0.469 e. The zero-order valence-corrected chi connectivity index (χ0v) is 20.2. The minimum absolute atomic E-state index is 0.157. The highest BCUT2D eigenvalue weighted by molar-refractivity contribution is 5.77. The highest BCUT2D eigenvalue weighted by Gasteiger charge is 2.86. The fraction of sp³-hybridized carbons (Fsp3) is 0.880. The predicted octanol–water partition coefficient (Wildman–Crippen LogP) is 2.54. The van der Waals surface area contributed by atoms with E-state index in [0.717, 1.165) is 32.1 Å². The van der Waals surface area contributed by atoms with Gasteiger partial charge in [0.15, 0.2) is 0 Å². The molecule has 0 unspecified atom stereocenters. The van der Waals surface area contributed by atoms with Crippen LogP contribution in [0.1, 0.15) is 72.6 Å². The zero-order valence-electron chi connectivity index (χ0n) is 20.2. The third kappa shape index (κ3) is 2.86. The molecule has 0 radical (unpaired) electrons. The van der Waals surface area contributed by atoms with Crippen LogP contribution in [0.3, 0.4) is 0 Å². The summed E-state index contributed by atoms with van der Waals surface area (Å²) in [6.07, 6.45) is 3.69. The predicted molar refractivity (Wildman–Crippen MR) is 115 cm³/mol. The van der Waals surface area contributed by atoms with Crippen molar-refractivity contribution in [2.24, 2.45) is 28.6 Å². The molecule has 1 spiro atoms. The quantitative estimate of drug-likeness (QED) is 0.385. The zero-order chi connectivity index (χ0) is 24.0. The van der Waals surface area contributed by atoms with Gasteiger partial charge in [-0.25, -0.2) is 0 Å². The monoisotopic (exact) mass is 464 g/mol. The number of esters is 3. The molecule has 33 heavy (non-hydrogen) atoms. The van der Waals surface area contributed by atoms with Gasteiger partial charge in [0.1, 0.15) is 29.8 Å². The lowest BCUT2D eigenvalue weighted by Gasteiger charge is -2.63. The second kappa shape index (κ2) is 7.17. The summed E-state index contributed by atoms with van der Waals surface area (Å²) in [6, 6.07) is 0. The van der Waals surface area contributed by atoms with Crippen LogP contribution in [0.4, 0.5) is 0 Å². The fourth-order valence-electron chi connectivity index (χ4n) is 8.83. The number of rotatable bonds is 3. The lowest BCUT2D eigenvalue weighted by atomic mass is 9.42. The van der Waals surface area contributed by atoms with Gasteiger partial charge in [-0.15, -0.1) is 0 Å². The van der Waals surface area contributed by atoms with Gasteiger partial charge in [0.2, 0.25) is 0 Å². The van der Waals surface area contributed by atoms with Crippen molar-refractivity contribution < 1.29 is 38.4 Å². The van der Waals surface area contributed by atoms with Crippen LogP contribution in [0.2, 0.25) is 0 Å². The minimum Gasteiger partial charge on any atom is -0.469 e. The Morgan fingerprint density at radius 2 is 1.55 bits per heavy atom. The summed E-state index contributed by atoms with van der Waals surface area (Å²) in [7, 11) is 1.38. The van der Waals surface area contributed by atoms with Crippen molar-refractivity contribution >= 4 is 17.9 Å². The molecule has 4 saturated carbocycles. The normalized spacial score (nSPS) is 51.8. The summed E-state index contributed by atoms with van der Waals surface area (Å²) in [5.74, 6) is -1.27. The summed E-state index contributed by atoms with van der Waals surface area (Å²) in [5, 5.41) is 11.8. The lowest BCUT2D eigenvalue weighted by Crippen LogP contribution is -2.65. The van der Waals surface area contributed by atoms with Gasteiger partial charge >= 0.3 is 17.9 Å². The maximum Gasteiger partial charge on any atom is 0.313 e. The van der Waals surface area contributed by atoms with E-state index in [0.29, 0.717) is 12.8 Å². The number of carbonyl (C=O) groups excluding carboxylic acids is 3. The lowest BCUT2D eigenvalue weighted by molar-refractivity contribution is -0.231. The number of methoxy groups -OCH3 is 1. The Kier molecular flexibility index (Phi) is 5.02. The van der Waals surface area contributed by atoms with E-state index in [-0.39, 0.29) is 41.4 Å². The maximum absolute atomic E-state index is 12.9. The highest BCUT2D eigenvalue weighted by Crippen LogP contribution is 2.77. The molecule has 5 fully saturated rings. The number of hydrogen-bond acceptors (Lipinski definition) is 8. The fourth-order valence-corrected chi connectivity index (χ4v) is 8.83. The molecule has 8 nitrogen and oxygen atoms in total. The van der Waals surface area contributed by atoms with E-state index < -0.39 is 34.6 Å².